The second kappa shape index (κ2) is 11.2. The Hall–Kier alpha value is -4.57. The Bertz CT molecular complexity index is 1510. The molecule has 0 saturated carbocycles. The van der Waals surface area contributed by atoms with Crippen LogP contribution in [-0.4, -0.2) is 22.8 Å². The van der Waals surface area contributed by atoms with Gasteiger partial charge in [0.25, 0.3) is 17.5 Å². The average molecular weight is 576 g/mol. The van der Waals surface area contributed by atoms with Crippen molar-refractivity contribution in [3.8, 4) is 5.75 Å². The van der Waals surface area contributed by atoms with Crippen molar-refractivity contribution in [1.82, 2.24) is 5.32 Å². The fourth-order valence-electron chi connectivity index (χ4n) is 3.89. The summed E-state index contributed by atoms with van der Waals surface area (Å²) < 4.78 is 6.73. The number of amides is 4. The Morgan fingerprint density at radius 3 is 2.61 bits per heavy atom. The molecule has 0 bridgehead atoms. The lowest BCUT2D eigenvalue weighted by Crippen LogP contribution is -2.54. The molecule has 1 heterocycles. The van der Waals surface area contributed by atoms with Gasteiger partial charge in [0.05, 0.1) is 10.6 Å². The van der Waals surface area contributed by atoms with Gasteiger partial charge < -0.3 is 4.74 Å². The number of anilines is 1. The van der Waals surface area contributed by atoms with Crippen molar-refractivity contribution in [1.29, 1.82) is 0 Å². The highest BCUT2D eigenvalue weighted by Gasteiger charge is 2.37. The molecule has 4 amide bonds. The molecule has 0 radical (unpaired) electrons. The Balaban J connectivity index is 1.61. The minimum atomic E-state index is -0.823. The quantitative estimate of drug-likeness (QED) is 0.122. The van der Waals surface area contributed by atoms with E-state index < -0.39 is 22.8 Å². The maximum absolute atomic E-state index is 13.2. The van der Waals surface area contributed by atoms with Crippen LogP contribution < -0.4 is 15.0 Å². The molecule has 10 heteroatoms. The second-order valence-electron chi connectivity index (χ2n) is 8.47. The van der Waals surface area contributed by atoms with Crippen molar-refractivity contribution in [2.24, 2.45) is 0 Å². The SMILES string of the molecule is C=CCc1cc(/C=C2\C(=O)NC(=O)N(c3ccc(Br)c(C)c3)C2=O)ccc1OCc1cccc([N+](=O)[O-])c1. The third kappa shape index (κ3) is 5.70. The molecule has 192 valence electrons. The van der Waals surface area contributed by atoms with Crippen LogP contribution >= 0.6 is 15.9 Å². The van der Waals surface area contributed by atoms with Gasteiger partial charge in [-0.15, -0.1) is 6.58 Å². The van der Waals surface area contributed by atoms with Crippen LogP contribution in [0.15, 0.2) is 83.4 Å². The summed E-state index contributed by atoms with van der Waals surface area (Å²) in [7, 11) is 0. The molecule has 0 aromatic heterocycles. The molecule has 38 heavy (non-hydrogen) atoms. The highest BCUT2D eigenvalue weighted by atomic mass is 79.9. The van der Waals surface area contributed by atoms with E-state index in [1.807, 2.05) is 6.92 Å². The number of hydrogen-bond donors (Lipinski definition) is 1. The van der Waals surface area contributed by atoms with Gasteiger partial charge in [0.2, 0.25) is 0 Å². The number of nitrogens with one attached hydrogen (secondary N) is 1. The number of nitro benzene ring substituents is 1. The van der Waals surface area contributed by atoms with E-state index >= 15 is 0 Å². The first-order valence-electron chi connectivity index (χ1n) is 11.5. The van der Waals surface area contributed by atoms with E-state index in [0.717, 1.165) is 20.5 Å². The molecule has 4 rings (SSSR count). The van der Waals surface area contributed by atoms with Crippen LogP contribution in [0.3, 0.4) is 0 Å². The van der Waals surface area contributed by atoms with E-state index in [2.05, 4.69) is 27.8 Å². The summed E-state index contributed by atoms with van der Waals surface area (Å²) in [4.78, 5) is 49.8. The number of aryl methyl sites for hydroxylation is 1. The fraction of sp³-hybridized carbons (Fsp3) is 0.107. The molecule has 0 unspecified atom stereocenters. The smallest absolute Gasteiger partial charge is 0.335 e. The number of benzene rings is 3. The standard InChI is InChI=1S/C28H22BrN3O6/c1-3-5-20-13-18(8-11-25(20)38-16-19-6-4-7-22(14-19)32(36)37)15-23-26(33)30-28(35)31(27(23)34)21-9-10-24(29)17(2)12-21/h3-4,6-15H,1,5,16H2,2H3,(H,30,33,35)/b23-15+. The predicted molar refractivity (Wildman–Crippen MR) is 146 cm³/mol. The molecule has 9 nitrogen and oxygen atoms in total. The maximum Gasteiger partial charge on any atom is 0.335 e. The van der Waals surface area contributed by atoms with Gasteiger partial charge in [0.15, 0.2) is 0 Å². The highest BCUT2D eigenvalue weighted by molar-refractivity contribution is 9.10. The molecule has 1 saturated heterocycles. The number of urea groups is 1. The first-order chi connectivity index (χ1) is 18.2. The Labute approximate surface area is 226 Å². The van der Waals surface area contributed by atoms with Gasteiger partial charge in [-0.05, 0) is 72.0 Å². The molecule has 0 spiro atoms. The third-order valence-electron chi connectivity index (χ3n) is 5.78. The molecule has 3 aromatic carbocycles. The molecule has 1 aliphatic heterocycles. The van der Waals surface area contributed by atoms with Gasteiger partial charge in [0, 0.05) is 16.6 Å². The van der Waals surface area contributed by atoms with Gasteiger partial charge in [-0.3, -0.25) is 25.0 Å². The number of non-ortho nitro benzene ring substituents is 1. The van der Waals surface area contributed by atoms with E-state index in [0.29, 0.717) is 29.0 Å². The maximum atomic E-state index is 13.2. The number of hydrogen-bond acceptors (Lipinski definition) is 6. The van der Waals surface area contributed by atoms with Crippen molar-refractivity contribution in [3.05, 3.63) is 116 Å². The Kier molecular flexibility index (Phi) is 7.82. The normalized spacial score (nSPS) is 14.4. The van der Waals surface area contributed by atoms with Crippen LogP contribution in [0.2, 0.25) is 0 Å². The summed E-state index contributed by atoms with van der Waals surface area (Å²) in [6.45, 7) is 5.70. The molecule has 1 fully saturated rings. The summed E-state index contributed by atoms with van der Waals surface area (Å²) >= 11 is 3.39. The number of carbonyl (C=O) groups excluding carboxylic acids is 3. The van der Waals surface area contributed by atoms with Gasteiger partial charge >= 0.3 is 6.03 Å². The summed E-state index contributed by atoms with van der Waals surface area (Å²) in [5.41, 5.74) is 2.85. The summed E-state index contributed by atoms with van der Waals surface area (Å²) in [5, 5.41) is 13.3. The minimum Gasteiger partial charge on any atom is -0.489 e. The highest BCUT2D eigenvalue weighted by Crippen LogP contribution is 2.28. The van der Waals surface area contributed by atoms with Gasteiger partial charge in [-0.25, -0.2) is 9.69 Å². The van der Waals surface area contributed by atoms with E-state index in [-0.39, 0.29) is 17.9 Å². The van der Waals surface area contributed by atoms with Crippen LogP contribution in [-0.2, 0) is 22.6 Å². The number of halogens is 1. The number of nitro groups is 1. The summed E-state index contributed by atoms with van der Waals surface area (Å²) in [6.07, 6.45) is 3.53. The van der Waals surface area contributed by atoms with Gasteiger partial charge in [0.1, 0.15) is 17.9 Å². The molecular weight excluding hydrogens is 554 g/mol. The number of nitrogens with zero attached hydrogens (tertiary/aromatic N) is 2. The number of carbonyl (C=O) groups is 3. The molecular formula is C28H22BrN3O6. The Morgan fingerprint density at radius 1 is 1.11 bits per heavy atom. The largest absolute Gasteiger partial charge is 0.489 e. The molecule has 1 aliphatic rings. The minimum absolute atomic E-state index is 0.0272. The molecule has 1 N–H and O–H groups in total. The fourth-order valence-corrected chi connectivity index (χ4v) is 4.14. The Morgan fingerprint density at radius 2 is 1.89 bits per heavy atom. The van der Waals surface area contributed by atoms with Crippen LogP contribution in [0, 0.1) is 17.0 Å². The van der Waals surface area contributed by atoms with E-state index in [1.54, 1.807) is 54.6 Å². The van der Waals surface area contributed by atoms with Crippen molar-refractivity contribution < 1.29 is 24.0 Å². The molecule has 0 atom stereocenters. The van der Waals surface area contributed by atoms with Crippen molar-refractivity contribution in [3.63, 3.8) is 0 Å². The zero-order valence-corrected chi connectivity index (χ0v) is 21.9. The van der Waals surface area contributed by atoms with Crippen molar-refractivity contribution >= 4 is 51.2 Å². The topological polar surface area (TPSA) is 119 Å². The molecule has 0 aliphatic carbocycles. The lowest BCUT2D eigenvalue weighted by atomic mass is 10.0. The first kappa shape index (κ1) is 26.5. The zero-order valence-electron chi connectivity index (χ0n) is 20.3. The number of imide groups is 2. The lowest BCUT2D eigenvalue weighted by Gasteiger charge is -2.26. The lowest BCUT2D eigenvalue weighted by molar-refractivity contribution is -0.384. The number of barbiturate groups is 1. The van der Waals surface area contributed by atoms with Crippen molar-refractivity contribution in [2.45, 2.75) is 20.0 Å². The zero-order chi connectivity index (χ0) is 27.4. The number of ether oxygens (including phenoxy) is 1. The van der Waals surface area contributed by atoms with E-state index in [9.17, 15) is 24.5 Å². The average Bonchev–Trinajstić information content (AvgIpc) is 2.88. The number of allylic oxidation sites excluding steroid dienone is 1. The number of rotatable bonds is 8. The second-order valence-corrected chi connectivity index (χ2v) is 9.32. The summed E-state index contributed by atoms with van der Waals surface area (Å²) in [6, 6.07) is 15.5. The first-order valence-corrected chi connectivity index (χ1v) is 12.2. The monoisotopic (exact) mass is 575 g/mol. The predicted octanol–water partition coefficient (Wildman–Crippen LogP) is 5.64. The van der Waals surface area contributed by atoms with Crippen LogP contribution in [0.25, 0.3) is 6.08 Å². The molecule has 3 aromatic rings. The summed E-state index contributed by atoms with van der Waals surface area (Å²) in [5.74, 6) is -1.00. The van der Waals surface area contributed by atoms with Crippen LogP contribution in [0.1, 0.15) is 22.3 Å². The van der Waals surface area contributed by atoms with Crippen LogP contribution in [0.4, 0.5) is 16.2 Å². The van der Waals surface area contributed by atoms with Crippen LogP contribution in [0.5, 0.6) is 5.75 Å². The van der Waals surface area contributed by atoms with E-state index in [4.69, 9.17) is 4.74 Å². The third-order valence-corrected chi connectivity index (χ3v) is 6.67. The van der Waals surface area contributed by atoms with Crippen molar-refractivity contribution in [2.75, 3.05) is 4.90 Å². The van der Waals surface area contributed by atoms with Gasteiger partial charge in [-0.1, -0.05) is 40.2 Å². The van der Waals surface area contributed by atoms with E-state index in [1.165, 1.54) is 18.2 Å². The van der Waals surface area contributed by atoms with Gasteiger partial charge in [-0.2, -0.15) is 0 Å².